The fraction of sp³-hybridized carbons (Fsp3) is 0.286. The summed E-state index contributed by atoms with van der Waals surface area (Å²) in [6.07, 6.45) is 1.18. The van der Waals surface area contributed by atoms with Gasteiger partial charge in [0.05, 0.1) is 14.2 Å². The van der Waals surface area contributed by atoms with Crippen LogP contribution in [0.15, 0.2) is 6.33 Å². The van der Waals surface area contributed by atoms with E-state index in [0.717, 1.165) is 0 Å². The first-order chi connectivity index (χ1) is 6.20. The highest BCUT2D eigenvalue weighted by molar-refractivity contribution is 6.34. The van der Waals surface area contributed by atoms with Crippen LogP contribution in [0.2, 0.25) is 5.02 Å². The van der Waals surface area contributed by atoms with E-state index in [-0.39, 0.29) is 16.6 Å². The molecular weight excluding hydrogens is 196 g/mol. The Morgan fingerprint density at radius 1 is 1.46 bits per heavy atom. The minimum Gasteiger partial charge on any atom is -0.480 e. The van der Waals surface area contributed by atoms with Crippen LogP contribution in [0.25, 0.3) is 0 Å². The number of hydrogen-bond donors (Lipinski definition) is 0. The molecule has 0 fully saturated rings. The average Bonchev–Trinajstić information content (AvgIpc) is 2.17. The molecule has 0 unspecified atom stereocenters. The van der Waals surface area contributed by atoms with Gasteiger partial charge in [-0.3, -0.25) is 0 Å². The summed E-state index contributed by atoms with van der Waals surface area (Å²) in [6, 6.07) is 0. The van der Waals surface area contributed by atoms with Crippen LogP contribution in [0, 0.1) is 0 Å². The van der Waals surface area contributed by atoms with Gasteiger partial charge in [0.2, 0.25) is 5.88 Å². The lowest BCUT2D eigenvalue weighted by Crippen LogP contribution is -2.06. The molecule has 0 aliphatic carbocycles. The highest BCUT2D eigenvalue weighted by Crippen LogP contribution is 2.23. The lowest BCUT2D eigenvalue weighted by atomic mass is 10.4. The van der Waals surface area contributed by atoms with Gasteiger partial charge in [0.25, 0.3) is 0 Å². The molecule has 0 aliphatic heterocycles. The Hall–Kier alpha value is -1.36. The average molecular weight is 203 g/mol. The molecule has 0 saturated carbocycles. The number of esters is 1. The van der Waals surface area contributed by atoms with Crippen molar-refractivity contribution < 1.29 is 14.3 Å². The van der Waals surface area contributed by atoms with Crippen LogP contribution in [-0.4, -0.2) is 30.2 Å². The first-order valence-electron chi connectivity index (χ1n) is 3.33. The van der Waals surface area contributed by atoms with Gasteiger partial charge in [-0.2, -0.15) is 0 Å². The molecule has 1 heterocycles. The van der Waals surface area contributed by atoms with Crippen LogP contribution in [-0.2, 0) is 4.74 Å². The molecule has 1 aromatic rings. The van der Waals surface area contributed by atoms with Crippen molar-refractivity contribution in [2.75, 3.05) is 14.2 Å². The third-order valence-corrected chi connectivity index (χ3v) is 1.67. The summed E-state index contributed by atoms with van der Waals surface area (Å²) in [5.41, 5.74) is -0.00369. The normalized spacial score (nSPS) is 9.46. The van der Waals surface area contributed by atoms with E-state index < -0.39 is 5.97 Å². The molecule has 6 heteroatoms. The summed E-state index contributed by atoms with van der Waals surface area (Å²) in [6.45, 7) is 0. The Balaban J connectivity index is 3.15. The number of ether oxygens (including phenoxy) is 2. The highest BCUT2D eigenvalue weighted by Gasteiger charge is 2.16. The zero-order valence-electron chi connectivity index (χ0n) is 7.07. The number of aromatic nitrogens is 2. The van der Waals surface area contributed by atoms with Crippen molar-refractivity contribution in [1.29, 1.82) is 0 Å². The lowest BCUT2D eigenvalue weighted by Gasteiger charge is -2.03. The minimum absolute atomic E-state index is 0.00369. The van der Waals surface area contributed by atoms with Gasteiger partial charge in [0.1, 0.15) is 11.3 Å². The van der Waals surface area contributed by atoms with Gasteiger partial charge in [-0.1, -0.05) is 11.6 Å². The molecule has 0 spiro atoms. The second-order valence-electron chi connectivity index (χ2n) is 2.04. The molecule has 1 aromatic heterocycles. The summed E-state index contributed by atoms with van der Waals surface area (Å²) >= 11 is 5.73. The Kier molecular flexibility index (Phi) is 3.02. The van der Waals surface area contributed by atoms with Gasteiger partial charge in [-0.25, -0.2) is 14.8 Å². The quantitative estimate of drug-likeness (QED) is 0.668. The molecule has 5 nitrogen and oxygen atoms in total. The maximum atomic E-state index is 11.0. The maximum absolute atomic E-state index is 11.0. The van der Waals surface area contributed by atoms with E-state index in [0.29, 0.717) is 0 Å². The number of hydrogen-bond acceptors (Lipinski definition) is 5. The second-order valence-corrected chi connectivity index (χ2v) is 2.42. The fourth-order valence-corrected chi connectivity index (χ4v) is 0.987. The molecule has 70 valence electrons. The van der Waals surface area contributed by atoms with Crippen molar-refractivity contribution in [3.05, 3.63) is 17.0 Å². The highest BCUT2D eigenvalue weighted by atomic mass is 35.5. The van der Waals surface area contributed by atoms with Crippen LogP contribution < -0.4 is 4.74 Å². The molecule has 13 heavy (non-hydrogen) atoms. The van der Waals surface area contributed by atoms with Gasteiger partial charge in [0, 0.05) is 0 Å². The zero-order chi connectivity index (χ0) is 9.84. The number of nitrogens with zero attached hydrogens (tertiary/aromatic N) is 2. The topological polar surface area (TPSA) is 61.3 Å². The fourth-order valence-electron chi connectivity index (χ4n) is 0.735. The molecular formula is C7H7ClN2O3. The van der Waals surface area contributed by atoms with Gasteiger partial charge in [-0.15, -0.1) is 0 Å². The molecule has 1 rings (SSSR count). The second kappa shape index (κ2) is 4.04. The Labute approximate surface area is 79.7 Å². The van der Waals surface area contributed by atoms with Crippen LogP contribution in [0.5, 0.6) is 5.88 Å². The third-order valence-electron chi connectivity index (χ3n) is 1.33. The minimum atomic E-state index is -0.620. The van der Waals surface area contributed by atoms with E-state index in [9.17, 15) is 4.79 Å². The Morgan fingerprint density at radius 2 is 2.15 bits per heavy atom. The number of methoxy groups -OCH3 is 2. The van der Waals surface area contributed by atoms with Crippen molar-refractivity contribution >= 4 is 17.6 Å². The Morgan fingerprint density at radius 3 is 2.69 bits per heavy atom. The van der Waals surface area contributed by atoms with Crippen molar-refractivity contribution in [3.63, 3.8) is 0 Å². The van der Waals surface area contributed by atoms with E-state index in [4.69, 9.17) is 16.3 Å². The predicted octanol–water partition coefficient (Wildman–Crippen LogP) is 0.925. The predicted molar refractivity (Wildman–Crippen MR) is 44.9 cm³/mol. The molecule has 0 saturated heterocycles. The van der Waals surface area contributed by atoms with Crippen LogP contribution in [0.3, 0.4) is 0 Å². The van der Waals surface area contributed by atoms with Gasteiger partial charge >= 0.3 is 5.97 Å². The van der Waals surface area contributed by atoms with Gasteiger partial charge in [-0.05, 0) is 0 Å². The van der Waals surface area contributed by atoms with Gasteiger partial charge in [0.15, 0.2) is 5.69 Å². The van der Waals surface area contributed by atoms with Crippen molar-refractivity contribution in [2.24, 2.45) is 0 Å². The molecule has 0 aromatic carbocycles. The van der Waals surface area contributed by atoms with Crippen molar-refractivity contribution in [2.45, 2.75) is 0 Å². The standard InChI is InChI=1S/C7H7ClN2O3/c1-12-6-4(8)5(7(11)13-2)9-3-10-6/h3H,1-2H3. The summed E-state index contributed by atoms with van der Waals surface area (Å²) in [4.78, 5) is 18.4. The van der Waals surface area contributed by atoms with Gasteiger partial charge < -0.3 is 9.47 Å². The SMILES string of the molecule is COC(=O)c1ncnc(OC)c1Cl. The lowest BCUT2D eigenvalue weighted by molar-refractivity contribution is 0.0593. The monoisotopic (exact) mass is 202 g/mol. The maximum Gasteiger partial charge on any atom is 0.358 e. The van der Waals surface area contributed by atoms with Crippen molar-refractivity contribution in [1.82, 2.24) is 9.97 Å². The third kappa shape index (κ3) is 1.86. The van der Waals surface area contributed by atoms with Crippen LogP contribution in [0.4, 0.5) is 0 Å². The summed E-state index contributed by atoms with van der Waals surface area (Å²) in [5.74, 6) is -0.470. The molecule has 0 N–H and O–H groups in total. The van der Waals surface area contributed by atoms with E-state index in [1.807, 2.05) is 0 Å². The number of rotatable bonds is 2. The van der Waals surface area contributed by atoms with E-state index >= 15 is 0 Å². The number of carbonyl (C=O) groups excluding carboxylic acids is 1. The summed E-state index contributed by atoms with van der Waals surface area (Å²) in [7, 11) is 2.64. The smallest absolute Gasteiger partial charge is 0.358 e. The Bertz CT molecular complexity index is 330. The van der Waals surface area contributed by atoms with Crippen LogP contribution >= 0.6 is 11.6 Å². The van der Waals surface area contributed by atoms with Crippen molar-refractivity contribution in [3.8, 4) is 5.88 Å². The van der Waals surface area contributed by atoms with Crippen LogP contribution in [0.1, 0.15) is 10.5 Å². The first-order valence-corrected chi connectivity index (χ1v) is 3.71. The molecule has 0 bridgehead atoms. The summed E-state index contributed by atoms with van der Waals surface area (Å²) in [5, 5.41) is 0.0526. The molecule has 0 radical (unpaired) electrons. The largest absolute Gasteiger partial charge is 0.480 e. The summed E-state index contributed by atoms with van der Waals surface area (Å²) < 4.78 is 9.24. The zero-order valence-corrected chi connectivity index (χ0v) is 7.83. The first kappa shape index (κ1) is 9.73. The van der Waals surface area contributed by atoms with E-state index in [2.05, 4.69) is 14.7 Å². The van der Waals surface area contributed by atoms with E-state index in [1.54, 1.807) is 0 Å². The molecule has 0 aliphatic rings. The molecule has 0 atom stereocenters. The van der Waals surface area contributed by atoms with E-state index in [1.165, 1.54) is 20.5 Å². The number of carbonyl (C=O) groups is 1. The molecule has 0 amide bonds. The number of halogens is 1.